The quantitative estimate of drug-likeness (QED) is 0.536. The molecular weight excluding hydrogens is 488 g/mol. The van der Waals surface area contributed by atoms with Crippen LogP contribution in [0.25, 0.3) is 0 Å². The topological polar surface area (TPSA) is 94.2 Å². The molecule has 2 aromatic carbocycles. The summed E-state index contributed by atoms with van der Waals surface area (Å²) < 4.78 is 0. The van der Waals surface area contributed by atoms with Crippen LogP contribution >= 0.6 is 0 Å². The average Bonchev–Trinajstić information content (AvgIpc) is 3.39. The third kappa shape index (κ3) is 2.28. The van der Waals surface area contributed by atoms with Crippen molar-refractivity contribution in [3.8, 4) is 0 Å². The van der Waals surface area contributed by atoms with E-state index in [2.05, 4.69) is 0 Å². The Hall–Kier alpha value is -4.48. The Kier molecular flexibility index (Phi) is 3.62. The minimum atomic E-state index is -0.588. The zero-order valence-corrected chi connectivity index (χ0v) is 20.4. The van der Waals surface area contributed by atoms with Gasteiger partial charge in [0.05, 0.1) is 0 Å². The molecule has 0 unspecified atom stereocenters. The minimum absolute atomic E-state index is 0.0194. The fourth-order valence-corrected chi connectivity index (χ4v) is 7.54. The maximum absolute atomic E-state index is 13.9. The Morgan fingerprint density at radius 1 is 0.395 bits per heavy atom. The maximum atomic E-state index is 13.9. The van der Waals surface area contributed by atoms with Crippen LogP contribution in [-0.2, 0) is 26.2 Å². The third-order valence-corrected chi connectivity index (χ3v) is 9.26. The van der Waals surface area contributed by atoms with E-state index in [9.17, 15) is 19.2 Å². The van der Waals surface area contributed by atoms with Crippen molar-refractivity contribution in [3.63, 3.8) is 0 Å². The number of rotatable bonds is 0. The fraction of sp³-hybridized carbons (Fsp3) is 0.385. The van der Waals surface area contributed by atoms with Gasteiger partial charge in [-0.1, -0.05) is 48.5 Å². The van der Waals surface area contributed by atoms with Gasteiger partial charge < -0.3 is 0 Å². The number of fused-ring (bicyclic) bond motifs is 2. The molecule has 0 bridgehead atoms. The van der Waals surface area contributed by atoms with E-state index in [1.807, 2.05) is 48.5 Å². The van der Waals surface area contributed by atoms with Crippen LogP contribution in [0.5, 0.6) is 0 Å². The van der Waals surface area contributed by atoms with E-state index in [1.54, 1.807) is 39.2 Å². The van der Waals surface area contributed by atoms with E-state index in [0.29, 0.717) is 26.2 Å². The normalized spacial score (nSPS) is 30.3. The molecule has 5 saturated heterocycles. The molecule has 7 aliphatic rings. The van der Waals surface area contributed by atoms with E-state index in [4.69, 9.17) is 0 Å². The summed E-state index contributed by atoms with van der Waals surface area (Å²) in [5.41, 5.74) is 4.06. The highest BCUT2D eigenvalue weighted by Gasteiger charge is 2.67. The first-order valence-corrected chi connectivity index (χ1v) is 12.9. The predicted octanol–water partition coefficient (Wildman–Crippen LogP) is 1.60. The number of carbonyl (C=O) groups excluding carboxylic acids is 4. The lowest BCUT2D eigenvalue weighted by molar-refractivity contribution is -0.00229. The maximum Gasteiger partial charge on any atom is 0.325 e. The summed E-state index contributed by atoms with van der Waals surface area (Å²) in [6.45, 7) is 1.61. The average molecular weight is 513 g/mol. The van der Waals surface area contributed by atoms with Gasteiger partial charge in [-0.15, -0.1) is 0 Å². The number of nitrogens with zero attached hydrogens (tertiary/aromatic N) is 8. The van der Waals surface area contributed by atoms with Crippen LogP contribution in [0.4, 0.5) is 19.2 Å². The summed E-state index contributed by atoms with van der Waals surface area (Å²) >= 11 is 0. The number of benzene rings is 2. The molecule has 2 aromatic rings. The monoisotopic (exact) mass is 512 g/mol. The van der Waals surface area contributed by atoms with Crippen molar-refractivity contribution in [2.24, 2.45) is 0 Å². The fourth-order valence-electron chi connectivity index (χ4n) is 7.54. The van der Waals surface area contributed by atoms with Crippen molar-refractivity contribution in [2.45, 2.75) is 50.8 Å². The Labute approximate surface area is 217 Å². The first-order chi connectivity index (χ1) is 18.5. The highest BCUT2D eigenvalue weighted by molar-refractivity contribution is 5.89. The van der Waals surface area contributed by atoms with E-state index in [-0.39, 0.29) is 37.5 Å². The molecule has 0 N–H and O–H groups in total. The zero-order chi connectivity index (χ0) is 25.4. The van der Waals surface area contributed by atoms with Gasteiger partial charge in [0, 0.05) is 26.2 Å². The SMILES string of the molecule is O=C1N2Cc3ccccc3CN3C(=O)N4CN5C(=O)N6Cc7ccccc7CN7C(=O)N(CN1C4C23)C5C76. The summed E-state index contributed by atoms with van der Waals surface area (Å²) in [6.07, 6.45) is -2.15. The number of amides is 8. The Bertz CT molecular complexity index is 1270. The molecule has 0 atom stereocenters. The van der Waals surface area contributed by atoms with Gasteiger partial charge in [-0.25, -0.2) is 19.2 Å². The summed E-state index contributed by atoms with van der Waals surface area (Å²) in [5, 5.41) is 0. The van der Waals surface area contributed by atoms with Crippen molar-refractivity contribution in [3.05, 3.63) is 70.8 Å². The first-order valence-electron chi connectivity index (χ1n) is 12.9. The second kappa shape index (κ2) is 6.69. The Morgan fingerprint density at radius 3 is 0.895 bits per heavy atom. The summed E-state index contributed by atoms with van der Waals surface area (Å²) in [7, 11) is 0. The molecule has 7 aliphatic heterocycles. The second-order valence-corrected chi connectivity index (χ2v) is 11.0. The summed E-state index contributed by atoms with van der Waals surface area (Å²) in [4.78, 5) is 69.2. The molecular formula is C26H24N8O4. The molecule has 0 spiro atoms. The zero-order valence-electron chi connectivity index (χ0n) is 20.4. The molecule has 9 rings (SSSR count). The lowest BCUT2D eigenvalue weighted by Gasteiger charge is -2.40. The highest BCUT2D eigenvalue weighted by Crippen LogP contribution is 2.45. The van der Waals surface area contributed by atoms with Crippen LogP contribution in [-0.4, -0.2) is 101 Å². The minimum Gasteiger partial charge on any atom is -0.296 e. The van der Waals surface area contributed by atoms with Crippen LogP contribution in [0.3, 0.4) is 0 Å². The van der Waals surface area contributed by atoms with Crippen molar-refractivity contribution >= 4 is 24.1 Å². The lowest BCUT2D eigenvalue weighted by atomic mass is 10.1. The number of carbonyl (C=O) groups is 4. The molecule has 0 aromatic heterocycles. The van der Waals surface area contributed by atoms with Gasteiger partial charge in [0.2, 0.25) is 0 Å². The van der Waals surface area contributed by atoms with Gasteiger partial charge in [-0.3, -0.25) is 39.2 Å². The first kappa shape index (κ1) is 20.6. The largest absolute Gasteiger partial charge is 0.325 e. The standard InChI is InChI=1S/C26H24N8O4/c35-23-27-9-15-5-1-2-6-16(15)10-28-19(27)21-31(23)13-33-22-20-29(25(33)37)11-17-7-3-4-8-18(17)12-30(20)26(38)34(22)14-32(21)24(28)36/h1-8,19-22H,9-14H2. The number of hydrogen-bond donors (Lipinski definition) is 0. The van der Waals surface area contributed by atoms with Gasteiger partial charge in [-0.2, -0.15) is 0 Å². The predicted molar refractivity (Wildman–Crippen MR) is 129 cm³/mol. The van der Waals surface area contributed by atoms with Crippen molar-refractivity contribution in [1.82, 2.24) is 39.2 Å². The van der Waals surface area contributed by atoms with Crippen LogP contribution < -0.4 is 0 Å². The molecule has 0 radical (unpaired) electrons. The van der Waals surface area contributed by atoms with E-state index >= 15 is 0 Å². The van der Waals surface area contributed by atoms with Crippen molar-refractivity contribution < 1.29 is 19.2 Å². The lowest BCUT2D eigenvalue weighted by Crippen LogP contribution is -2.61. The van der Waals surface area contributed by atoms with Crippen LogP contribution in [0.15, 0.2) is 48.5 Å². The van der Waals surface area contributed by atoms with E-state index in [0.717, 1.165) is 22.3 Å². The molecule has 5 fully saturated rings. The van der Waals surface area contributed by atoms with Gasteiger partial charge in [0.25, 0.3) is 0 Å². The molecule has 0 saturated carbocycles. The van der Waals surface area contributed by atoms with E-state index < -0.39 is 24.7 Å². The molecule has 38 heavy (non-hydrogen) atoms. The molecule has 8 amide bonds. The van der Waals surface area contributed by atoms with Crippen LogP contribution in [0, 0.1) is 0 Å². The van der Waals surface area contributed by atoms with Gasteiger partial charge in [-0.05, 0) is 22.3 Å². The second-order valence-electron chi connectivity index (χ2n) is 11.0. The van der Waals surface area contributed by atoms with Crippen LogP contribution in [0.2, 0.25) is 0 Å². The van der Waals surface area contributed by atoms with Crippen molar-refractivity contribution in [2.75, 3.05) is 13.3 Å². The molecule has 7 heterocycles. The van der Waals surface area contributed by atoms with Gasteiger partial charge >= 0.3 is 24.1 Å². The molecule has 12 heteroatoms. The molecule has 192 valence electrons. The molecule has 0 aliphatic carbocycles. The number of hydrogen-bond acceptors (Lipinski definition) is 4. The van der Waals surface area contributed by atoms with Gasteiger partial charge in [0.1, 0.15) is 13.3 Å². The van der Waals surface area contributed by atoms with Crippen molar-refractivity contribution in [1.29, 1.82) is 0 Å². The Morgan fingerprint density at radius 2 is 0.632 bits per heavy atom. The number of urea groups is 4. The van der Waals surface area contributed by atoms with E-state index in [1.165, 1.54) is 0 Å². The summed E-state index contributed by atoms with van der Waals surface area (Å²) in [6, 6.07) is 15.0. The smallest absolute Gasteiger partial charge is 0.296 e. The van der Waals surface area contributed by atoms with Crippen LogP contribution in [0.1, 0.15) is 22.3 Å². The highest BCUT2D eigenvalue weighted by atomic mass is 16.2. The summed E-state index contributed by atoms with van der Waals surface area (Å²) in [5.74, 6) is 0. The molecule has 12 nitrogen and oxygen atoms in total. The van der Waals surface area contributed by atoms with Gasteiger partial charge in [0.15, 0.2) is 24.7 Å². The Balaban J connectivity index is 1.16. The third-order valence-electron chi connectivity index (χ3n) is 9.26.